The molecule has 0 aliphatic heterocycles. The third kappa shape index (κ3) is 3.21. The molecule has 1 aromatic heterocycles. The van der Waals surface area contributed by atoms with Gasteiger partial charge in [0, 0.05) is 10.6 Å². The van der Waals surface area contributed by atoms with Crippen LogP contribution >= 0.6 is 11.6 Å². The smallest absolute Gasteiger partial charge is 0.352 e. The molecular formula is C22H16ClNO4. The van der Waals surface area contributed by atoms with Gasteiger partial charge in [-0.2, -0.15) is 0 Å². The third-order valence-electron chi connectivity index (χ3n) is 4.53. The monoisotopic (exact) mass is 393 g/mol. The summed E-state index contributed by atoms with van der Waals surface area (Å²) in [4.78, 5) is 16.6. The van der Waals surface area contributed by atoms with Crippen LogP contribution in [0.3, 0.4) is 0 Å². The second-order valence-electron chi connectivity index (χ2n) is 6.43. The number of halogens is 1. The summed E-state index contributed by atoms with van der Waals surface area (Å²) in [7, 11) is 0. The number of carboxylic acid groups (broad SMARTS) is 1. The molecular weight excluding hydrogens is 378 g/mol. The van der Waals surface area contributed by atoms with E-state index >= 15 is 0 Å². The number of nitrogens with zero attached hydrogens (tertiary/aromatic N) is 1. The number of ether oxygens (including phenoxy) is 1. The topological polar surface area (TPSA) is 72.6 Å². The molecule has 0 aliphatic rings. The van der Waals surface area contributed by atoms with Crippen molar-refractivity contribution in [1.29, 1.82) is 0 Å². The summed E-state index contributed by atoms with van der Waals surface area (Å²) in [6.07, 6.45) is 0. The van der Waals surface area contributed by atoms with Crippen LogP contribution in [0.15, 0.2) is 77.2 Å². The summed E-state index contributed by atoms with van der Waals surface area (Å²) in [6.45, 7) is 1.50. The lowest BCUT2D eigenvalue weighted by Crippen LogP contribution is -2.38. The van der Waals surface area contributed by atoms with E-state index in [0.717, 1.165) is 0 Å². The van der Waals surface area contributed by atoms with Crippen LogP contribution in [-0.4, -0.2) is 16.1 Å². The van der Waals surface area contributed by atoms with Crippen molar-refractivity contribution in [3.05, 3.63) is 83.4 Å². The van der Waals surface area contributed by atoms with Crippen LogP contribution in [0.25, 0.3) is 22.6 Å². The molecule has 6 heteroatoms. The first-order valence-corrected chi connectivity index (χ1v) is 8.98. The highest BCUT2D eigenvalue weighted by Crippen LogP contribution is 2.36. The summed E-state index contributed by atoms with van der Waals surface area (Å²) >= 11 is 5.94. The molecule has 4 aromatic rings. The lowest BCUT2D eigenvalue weighted by molar-refractivity contribution is -0.154. The molecule has 3 aromatic carbocycles. The Hall–Kier alpha value is -3.31. The average molecular weight is 394 g/mol. The first-order chi connectivity index (χ1) is 13.5. The van der Waals surface area contributed by atoms with Crippen LogP contribution in [0.4, 0.5) is 0 Å². The van der Waals surface area contributed by atoms with Gasteiger partial charge in [-0.3, -0.25) is 0 Å². The zero-order chi connectivity index (χ0) is 19.7. The van der Waals surface area contributed by atoms with Crippen LogP contribution in [0.5, 0.6) is 5.75 Å². The van der Waals surface area contributed by atoms with Crippen molar-refractivity contribution in [2.24, 2.45) is 0 Å². The maximum Gasteiger partial charge on any atom is 0.352 e. The fourth-order valence-electron chi connectivity index (χ4n) is 2.93. The number of rotatable bonds is 5. The summed E-state index contributed by atoms with van der Waals surface area (Å²) in [6, 6.07) is 21.0. The van der Waals surface area contributed by atoms with E-state index in [9.17, 15) is 9.90 Å². The predicted octanol–water partition coefficient (Wildman–Crippen LogP) is 5.53. The zero-order valence-corrected chi connectivity index (χ0v) is 15.7. The number of aliphatic carboxylic acids is 1. The molecule has 0 aliphatic carbocycles. The van der Waals surface area contributed by atoms with Crippen LogP contribution in [0.2, 0.25) is 5.02 Å². The summed E-state index contributed by atoms with van der Waals surface area (Å²) < 4.78 is 11.9. The zero-order valence-electron chi connectivity index (χ0n) is 14.9. The van der Waals surface area contributed by atoms with Gasteiger partial charge in [-0.05, 0) is 43.3 Å². The Morgan fingerprint density at radius 2 is 1.71 bits per heavy atom. The van der Waals surface area contributed by atoms with Gasteiger partial charge in [0.1, 0.15) is 11.3 Å². The minimum atomic E-state index is -1.62. The molecule has 28 heavy (non-hydrogen) atoms. The lowest BCUT2D eigenvalue weighted by atomic mass is 9.95. The minimum absolute atomic E-state index is 0.355. The van der Waals surface area contributed by atoms with E-state index in [-0.39, 0.29) is 0 Å². The van der Waals surface area contributed by atoms with Gasteiger partial charge < -0.3 is 14.3 Å². The number of oxazole rings is 1. The van der Waals surface area contributed by atoms with Gasteiger partial charge in [0.15, 0.2) is 5.58 Å². The molecule has 0 fully saturated rings. The molecule has 5 nitrogen and oxygen atoms in total. The molecule has 140 valence electrons. The van der Waals surface area contributed by atoms with Gasteiger partial charge >= 0.3 is 5.97 Å². The molecule has 0 radical (unpaired) electrons. The fourth-order valence-corrected chi connectivity index (χ4v) is 3.06. The summed E-state index contributed by atoms with van der Waals surface area (Å²) in [5.74, 6) is -0.406. The molecule has 0 spiro atoms. The van der Waals surface area contributed by atoms with Crippen molar-refractivity contribution >= 4 is 28.7 Å². The summed E-state index contributed by atoms with van der Waals surface area (Å²) in [5, 5.41) is 10.4. The number of hydrogen-bond donors (Lipinski definition) is 1. The molecule has 1 N–H and O–H groups in total. The van der Waals surface area contributed by atoms with E-state index in [1.165, 1.54) is 6.92 Å². The van der Waals surface area contributed by atoms with E-state index in [1.54, 1.807) is 42.5 Å². The second-order valence-corrected chi connectivity index (χ2v) is 6.87. The number of carbonyl (C=O) groups is 1. The van der Waals surface area contributed by atoms with Crippen LogP contribution in [-0.2, 0) is 10.4 Å². The van der Waals surface area contributed by atoms with Gasteiger partial charge in [0.2, 0.25) is 11.5 Å². The third-order valence-corrected chi connectivity index (χ3v) is 4.78. The van der Waals surface area contributed by atoms with Crippen molar-refractivity contribution in [3.8, 4) is 17.2 Å². The van der Waals surface area contributed by atoms with E-state index in [4.69, 9.17) is 20.8 Å². The van der Waals surface area contributed by atoms with E-state index in [0.29, 0.717) is 38.9 Å². The standard InChI is InChI=1S/C22H16ClNO4/c1-22(21(25)26,14-10-12-15(23)13-11-14)28-18-8-4-2-6-16(18)20-24-17-7-3-5-9-19(17)27-20/h2-13H,1H3,(H,25,26). The summed E-state index contributed by atoms with van der Waals surface area (Å²) in [5.41, 5.74) is 0.779. The lowest BCUT2D eigenvalue weighted by Gasteiger charge is -2.27. The van der Waals surface area contributed by atoms with E-state index < -0.39 is 11.6 Å². The van der Waals surface area contributed by atoms with E-state index in [1.807, 2.05) is 30.3 Å². The number of fused-ring (bicyclic) bond motifs is 1. The van der Waals surface area contributed by atoms with Crippen molar-refractivity contribution in [2.75, 3.05) is 0 Å². The van der Waals surface area contributed by atoms with E-state index in [2.05, 4.69) is 4.98 Å². The minimum Gasteiger partial charge on any atom is -0.478 e. The molecule has 1 heterocycles. The normalized spacial score (nSPS) is 13.2. The number of aromatic nitrogens is 1. The Morgan fingerprint density at radius 3 is 2.43 bits per heavy atom. The Labute approximate surface area is 166 Å². The molecule has 4 rings (SSSR count). The maximum absolute atomic E-state index is 12.1. The molecule has 0 bridgehead atoms. The Kier molecular flexibility index (Phi) is 4.53. The molecule has 1 unspecified atom stereocenters. The largest absolute Gasteiger partial charge is 0.478 e. The first-order valence-electron chi connectivity index (χ1n) is 8.61. The number of hydrogen-bond acceptors (Lipinski definition) is 4. The Morgan fingerprint density at radius 1 is 1.04 bits per heavy atom. The van der Waals surface area contributed by atoms with Gasteiger partial charge in [-0.1, -0.05) is 48.0 Å². The number of benzene rings is 3. The Bertz CT molecular complexity index is 1120. The highest BCUT2D eigenvalue weighted by molar-refractivity contribution is 6.30. The quantitative estimate of drug-likeness (QED) is 0.482. The van der Waals surface area contributed by atoms with Crippen molar-refractivity contribution in [1.82, 2.24) is 4.98 Å². The Balaban J connectivity index is 1.79. The maximum atomic E-state index is 12.1. The predicted molar refractivity (Wildman–Crippen MR) is 107 cm³/mol. The van der Waals surface area contributed by atoms with Gasteiger partial charge in [0.25, 0.3) is 0 Å². The molecule has 0 amide bonds. The molecule has 0 saturated heterocycles. The van der Waals surface area contributed by atoms with Gasteiger partial charge in [-0.15, -0.1) is 0 Å². The fraction of sp³-hybridized carbons (Fsp3) is 0.0909. The van der Waals surface area contributed by atoms with Crippen LogP contribution in [0, 0.1) is 0 Å². The number of para-hydroxylation sites is 3. The van der Waals surface area contributed by atoms with Crippen molar-refractivity contribution < 1.29 is 19.1 Å². The van der Waals surface area contributed by atoms with Gasteiger partial charge in [-0.25, -0.2) is 9.78 Å². The highest BCUT2D eigenvalue weighted by atomic mass is 35.5. The second kappa shape index (κ2) is 7.02. The molecule has 1 atom stereocenters. The average Bonchev–Trinajstić information content (AvgIpc) is 3.12. The van der Waals surface area contributed by atoms with Gasteiger partial charge in [0.05, 0.1) is 5.56 Å². The van der Waals surface area contributed by atoms with Crippen molar-refractivity contribution in [3.63, 3.8) is 0 Å². The first kappa shape index (κ1) is 18.1. The highest BCUT2D eigenvalue weighted by Gasteiger charge is 2.38. The van der Waals surface area contributed by atoms with Crippen LogP contribution in [0.1, 0.15) is 12.5 Å². The number of carboxylic acids is 1. The van der Waals surface area contributed by atoms with Crippen LogP contribution < -0.4 is 4.74 Å². The SMILES string of the molecule is CC(Oc1ccccc1-c1nc2ccccc2o1)(C(=O)O)c1ccc(Cl)cc1. The molecule has 0 saturated carbocycles. The van der Waals surface area contributed by atoms with Crippen molar-refractivity contribution in [2.45, 2.75) is 12.5 Å².